The summed E-state index contributed by atoms with van der Waals surface area (Å²) in [6.07, 6.45) is 0. The van der Waals surface area contributed by atoms with Crippen molar-refractivity contribution in [2.24, 2.45) is 0 Å². The molecule has 35 heavy (non-hydrogen) atoms. The molecule has 0 aliphatic carbocycles. The zero-order chi connectivity index (χ0) is 25.3. The number of benzene rings is 2. The molecule has 0 radical (unpaired) electrons. The number of carbonyl (C=O) groups is 3. The number of aromatic nitrogens is 1. The van der Waals surface area contributed by atoms with Gasteiger partial charge in [-0.25, -0.2) is 14.2 Å². The van der Waals surface area contributed by atoms with Crippen LogP contribution >= 0.6 is 11.3 Å². The number of ketones is 1. The Labute approximate surface area is 204 Å². The molecule has 1 atom stereocenters. The highest BCUT2D eigenvalue weighted by molar-refractivity contribution is 7.17. The van der Waals surface area contributed by atoms with E-state index >= 15 is 0 Å². The first-order valence-electron chi connectivity index (χ1n) is 10.6. The average Bonchev–Trinajstić information content (AvgIpc) is 3.36. The first-order chi connectivity index (χ1) is 16.8. The average molecular weight is 497 g/mol. The summed E-state index contributed by atoms with van der Waals surface area (Å²) in [5.41, 5.74) is 0.774. The fourth-order valence-electron chi connectivity index (χ4n) is 3.81. The number of anilines is 1. The van der Waals surface area contributed by atoms with Crippen LogP contribution in [0.15, 0.2) is 54.1 Å². The van der Waals surface area contributed by atoms with Gasteiger partial charge < -0.3 is 14.6 Å². The van der Waals surface area contributed by atoms with Crippen LogP contribution in [0.4, 0.5) is 9.52 Å². The number of ether oxygens (including phenoxy) is 2. The van der Waals surface area contributed by atoms with E-state index in [9.17, 15) is 23.9 Å². The Bertz CT molecular complexity index is 1350. The van der Waals surface area contributed by atoms with Gasteiger partial charge in [-0.2, -0.15) is 0 Å². The van der Waals surface area contributed by atoms with Crippen molar-refractivity contribution >= 4 is 39.9 Å². The van der Waals surface area contributed by atoms with Gasteiger partial charge in [0.1, 0.15) is 22.2 Å². The number of aliphatic hydroxyl groups excluding tert-OH is 1. The van der Waals surface area contributed by atoms with Crippen molar-refractivity contribution in [3.05, 3.63) is 81.6 Å². The molecule has 0 saturated carbocycles. The predicted molar refractivity (Wildman–Crippen MR) is 127 cm³/mol. The number of esters is 1. The first kappa shape index (κ1) is 24.1. The second-order valence-corrected chi connectivity index (χ2v) is 8.56. The fraction of sp³-hybridized carbons (Fsp3) is 0.200. The molecule has 1 unspecified atom stereocenters. The Morgan fingerprint density at radius 1 is 1.20 bits per heavy atom. The maximum Gasteiger partial charge on any atom is 0.350 e. The van der Waals surface area contributed by atoms with Gasteiger partial charge in [0, 0.05) is 5.56 Å². The van der Waals surface area contributed by atoms with Gasteiger partial charge in [-0.3, -0.25) is 14.5 Å². The summed E-state index contributed by atoms with van der Waals surface area (Å²) in [5.74, 6) is -2.95. The minimum Gasteiger partial charge on any atom is -0.507 e. The highest BCUT2D eigenvalue weighted by Crippen LogP contribution is 2.44. The van der Waals surface area contributed by atoms with Gasteiger partial charge >= 0.3 is 11.9 Å². The molecule has 8 nitrogen and oxygen atoms in total. The van der Waals surface area contributed by atoms with Crippen LogP contribution in [0.3, 0.4) is 0 Å². The SMILES string of the molecule is CCOc1cccc(C(O)=C2C(=O)C(=O)N(c3nc(C)c(C(=O)OC)s3)C2c2ccc(F)cc2)c1. The molecule has 1 amide bonds. The van der Waals surface area contributed by atoms with Crippen LogP contribution in [-0.2, 0) is 14.3 Å². The molecule has 1 aliphatic heterocycles. The van der Waals surface area contributed by atoms with Crippen LogP contribution in [0.1, 0.15) is 39.5 Å². The fourth-order valence-corrected chi connectivity index (χ4v) is 4.82. The molecule has 4 rings (SSSR count). The largest absolute Gasteiger partial charge is 0.507 e. The third kappa shape index (κ3) is 4.40. The molecule has 10 heteroatoms. The van der Waals surface area contributed by atoms with Crippen LogP contribution in [0.2, 0.25) is 0 Å². The number of nitrogens with zero attached hydrogens (tertiary/aromatic N) is 2. The van der Waals surface area contributed by atoms with Gasteiger partial charge in [0.2, 0.25) is 0 Å². The summed E-state index contributed by atoms with van der Waals surface area (Å²) in [6.45, 7) is 3.79. The van der Waals surface area contributed by atoms with Crippen molar-refractivity contribution in [2.75, 3.05) is 18.6 Å². The van der Waals surface area contributed by atoms with Crippen LogP contribution in [0.5, 0.6) is 5.75 Å². The van der Waals surface area contributed by atoms with E-state index in [0.29, 0.717) is 23.6 Å². The number of hydrogen-bond donors (Lipinski definition) is 1. The Morgan fingerprint density at radius 3 is 2.57 bits per heavy atom. The molecular weight excluding hydrogens is 475 g/mol. The van der Waals surface area contributed by atoms with Crippen LogP contribution in [-0.4, -0.2) is 41.5 Å². The molecule has 1 fully saturated rings. The highest BCUT2D eigenvalue weighted by Gasteiger charge is 2.48. The molecule has 0 spiro atoms. The Hall–Kier alpha value is -4.05. The molecule has 2 aromatic carbocycles. The quantitative estimate of drug-likeness (QED) is 0.233. The molecule has 2 heterocycles. The number of hydrogen-bond acceptors (Lipinski definition) is 8. The summed E-state index contributed by atoms with van der Waals surface area (Å²) in [7, 11) is 1.22. The Balaban J connectivity index is 1.92. The van der Waals surface area contributed by atoms with E-state index < -0.39 is 35.3 Å². The third-order valence-electron chi connectivity index (χ3n) is 5.41. The smallest absolute Gasteiger partial charge is 0.350 e. The number of aliphatic hydroxyl groups is 1. The number of Topliss-reactive ketones (excluding diaryl/α,β-unsaturated/α-hetero) is 1. The van der Waals surface area contributed by atoms with E-state index in [1.165, 1.54) is 31.4 Å². The number of halogens is 1. The molecule has 3 aromatic rings. The van der Waals surface area contributed by atoms with Gasteiger partial charge in [-0.1, -0.05) is 35.6 Å². The molecule has 180 valence electrons. The summed E-state index contributed by atoms with van der Waals surface area (Å²) in [5, 5.41) is 11.3. The van der Waals surface area contributed by atoms with Gasteiger partial charge in [-0.15, -0.1) is 0 Å². The van der Waals surface area contributed by atoms with Gasteiger partial charge in [-0.05, 0) is 43.7 Å². The van der Waals surface area contributed by atoms with Gasteiger partial charge in [0.15, 0.2) is 5.13 Å². The molecule has 0 bridgehead atoms. The number of aryl methyl sites for hydroxylation is 1. The maximum absolute atomic E-state index is 13.7. The lowest BCUT2D eigenvalue weighted by molar-refractivity contribution is -0.132. The monoisotopic (exact) mass is 496 g/mol. The van der Waals surface area contributed by atoms with E-state index in [1.807, 2.05) is 6.92 Å². The van der Waals surface area contributed by atoms with Crippen LogP contribution < -0.4 is 9.64 Å². The number of carbonyl (C=O) groups excluding carboxylic acids is 3. The molecule has 1 aromatic heterocycles. The van der Waals surface area contributed by atoms with Crippen molar-refractivity contribution in [1.29, 1.82) is 0 Å². The maximum atomic E-state index is 13.7. The standard InChI is InChI=1S/C25H21FN2O6S/c1-4-34-17-7-5-6-15(12-17)20(29)18-19(14-8-10-16(26)11-9-14)28(23(31)21(18)30)25-27-13(2)22(35-25)24(32)33-3/h5-12,19,29H,4H2,1-3H3. The highest BCUT2D eigenvalue weighted by atomic mass is 32.1. The van der Waals surface area contributed by atoms with Gasteiger partial charge in [0.05, 0.1) is 31.0 Å². The van der Waals surface area contributed by atoms with E-state index in [4.69, 9.17) is 9.47 Å². The van der Waals surface area contributed by atoms with E-state index in [1.54, 1.807) is 31.2 Å². The number of thiazole rings is 1. The topological polar surface area (TPSA) is 106 Å². The van der Waals surface area contributed by atoms with Crippen molar-refractivity contribution in [1.82, 2.24) is 4.98 Å². The third-order valence-corrected chi connectivity index (χ3v) is 6.55. The molecule has 1 N–H and O–H groups in total. The Kier molecular flexibility index (Phi) is 6.65. The lowest BCUT2D eigenvalue weighted by atomic mass is 9.95. The number of methoxy groups -OCH3 is 1. The van der Waals surface area contributed by atoms with E-state index in [-0.39, 0.29) is 21.1 Å². The van der Waals surface area contributed by atoms with Gasteiger partial charge in [0.25, 0.3) is 5.78 Å². The summed E-state index contributed by atoms with van der Waals surface area (Å²) in [4.78, 5) is 44.1. The van der Waals surface area contributed by atoms with E-state index in [2.05, 4.69) is 4.98 Å². The minimum atomic E-state index is -1.11. The van der Waals surface area contributed by atoms with E-state index in [0.717, 1.165) is 16.2 Å². The normalized spacial score (nSPS) is 17.0. The van der Waals surface area contributed by atoms with Crippen LogP contribution in [0.25, 0.3) is 5.76 Å². The van der Waals surface area contributed by atoms with Crippen molar-refractivity contribution in [3.8, 4) is 5.75 Å². The summed E-state index contributed by atoms with van der Waals surface area (Å²) < 4.78 is 23.9. The zero-order valence-corrected chi connectivity index (χ0v) is 19.9. The number of rotatable bonds is 6. The summed E-state index contributed by atoms with van der Waals surface area (Å²) in [6, 6.07) is 10.6. The van der Waals surface area contributed by atoms with Crippen molar-refractivity contribution < 1.29 is 33.4 Å². The molecule has 1 saturated heterocycles. The lowest BCUT2D eigenvalue weighted by Gasteiger charge is -2.23. The Morgan fingerprint density at radius 2 is 1.91 bits per heavy atom. The van der Waals surface area contributed by atoms with Crippen molar-refractivity contribution in [3.63, 3.8) is 0 Å². The van der Waals surface area contributed by atoms with Crippen molar-refractivity contribution in [2.45, 2.75) is 19.9 Å². The molecular formula is C25H21FN2O6S. The number of amides is 1. The lowest BCUT2D eigenvalue weighted by Crippen LogP contribution is -2.29. The second kappa shape index (κ2) is 9.67. The molecule has 1 aliphatic rings. The predicted octanol–water partition coefficient (Wildman–Crippen LogP) is 4.40. The zero-order valence-electron chi connectivity index (χ0n) is 19.1. The first-order valence-corrected chi connectivity index (χ1v) is 11.4. The minimum absolute atomic E-state index is 0.0708. The second-order valence-electron chi connectivity index (χ2n) is 7.58. The summed E-state index contributed by atoms with van der Waals surface area (Å²) >= 11 is 0.884. The van der Waals surface area contributed by atoms with Crippen LogP contribution in [0, 0.1) is 12.7 Å².